The minimum absolute atomic E-state index is 0.556. The Hall–Kier alpha value is -3.42. The number of aryl methyl sites for hydroxylation is 2. The number of tetrazole rings is 1. The third-order valence-electron chi connectivity index (χ3n) is 4.55. The summed E-state index contributed by atoms with van der Waals surface area (Å²) in [6, 6.07) is 12.0. The van der Waals surface area contributed by atoms with Gasteiger partial charge in [0.15, 0.2) is 0 Å². The van der Waals surface area contributed by atoms with E-state index in [1.54, 1.807) is 0 Å². The topological polar surface area (TPSA) is 98.1 Å². The highest BCUT2D eigenvalue weighted by Crippen LogP contribution is 2.28. The fourth-order valence-electron chi connectivity index (χ4n) is 3.17. The summed E-state index contributed by atoms with van der Waals surface area (Å²) >= 11 is 0. The first-order valence-electron chi connectivity index (χ1n) is 9.43. The van der Waals surface area contributed by atoms with Crippen LogP contribution in [-0.4, -0.2) is 40.4 Å². The van der Waals surface area contributed by atoms with Gasteiger partial charge >= 0.3 is 0 Å². The van der Waals surface area contributed by atoms with Crippen LogP contribution >= 0.6 is 0 Å². The molecule has 3 aromatic heterocycles. The quantitative estimate of drug-likeness (QED) is 0.533. The van der Waals surface area contributed by atoms with Crippen molar-refractivity contribution in [2.75, 3.05) is 0 Å². The van der Waals surface area contributed by atoms with E-state index in [2.05, 4.69) is 48.7 Å². The number of nitrogens with one attached hydrogen (secondary N) is 1. The Morgan fingerprint density at radius 2 is 1.93 bits per heavy atom. The van der Waals surface area contributed by atoms with Gasteiger partial charge in [0.1, 0.15) is 11.6 Å². The summed E-state index contributed by atoms with van der Waals surface area (Å²) in [5, 5.41) is 18.9. The number of H-pyrrole nitrogens is 1. The van der Waals surface area contributed by atoms with Crippen molar-refractivity contribution in [2.45, 2.75) is 39.7 Å². The van der Waals surface area contributed by atoms with Crippen molar-refractivity contribution in [3.05, 3.63) is 59.8 Å². The maximum atomic E-state index is 4.67. The molecular weight excluding hydrogens is 352 g/mol. The van der Waals surface area contributed by atoms with E-state index in [0.717, 1.165) is 53.3 Å². The van der Waals surface area contributed by atoms with Crippen LogP contribution in [-0.2, 0) is 13.0 Å². The lowest BCUT2D eigenvalue weighted by Gasteiger charge is -2.08. The zero-order valence-corrected chi connectivity index (χ0v) is 16.0. The largest absolute Gasteiger partial charge is 0.256 e. The van der Waals surface area contributed by atoms with Crippen molar-refractivity contribution in [1.29, 1.82) is 0 Å². The maximum Gasteiger partial charge on any atom is 0.205 e. The first-order chi connectivity index (χ1) is 13.7. The second kappa shape index (κ2) is 8.08. The van der Waals surface area contributed by atoms with E-state index in [-0.39, 0.29) is 0 Å². The average molecular weight is 374 g/mol. The summed E-state index contributed by atoms with van der Waals surface area (Å²) in [5.41, 5.74) is 3.81. The molecule has 8 heteroatoms. The van der Waals surface area contributed by atoms with Crippen LogP contribution < -0.4 is 0 Å². The van der Waals surface area contributed by atoms with E-state index in [4.69, 9.17) is 0 Å². The molecule has 8 nitrogen and oxygen atoms in total. The molecule has 0 atom stereocenters. The Morgan fingerprint density at radius 1 is 1.07 bits per heavy atom. The molecule has 0 aliphatic heterocycles. The molecule has 1 N–H and O–H groups in total. The number of hydrogen-bond donors (Lipinski definition) is 1. The number of unbranched alkanes of at least 4 members (excludes halogenated alkanes) is 1. The van der Waals surface area contributed by atoms with Crippen LogP contribution in [0.1, 0.15) is 37.0 Å². The van der Waals surface area contributed by atoms with Crippen LogP contribution in [0.3, 0.4) is 0 Å². The average Bonchev–Trinajstić information content (AvgIpc) is 3.37. The molecule has 0 aliphatic rings. The number of aromatic nitrogens is 8. The molecule has 1 aromatic carbocycles. The minimum Gasteiger partial charge on any atom is -0.256 e. The van der Waals surface area contributed by atoms with Crippen molar-refractivity contribution in [1.82, 2.24) is 40.4 Å². The van der Waals surface area contributed by atoms with E-state index in [1.807, 2.05) is 48.1 Å². The van der Waals surface area contributed by atoms with Crippen molar-refractivity contribution in [3.8, 4) is 22.6 Å². The highest BCUT2D eigenvalue weighted by atomic mass is 15.5. The summed E-state index contributed by atoms with van der Waals surface area (Å²) < 4.78 is 1.98. The molecule has 0 bridgehead atoms. The van der Waals surface area contributed by atoms with E-state index in [0.29, 0.717) is 12.4 Å². The van der Waals surface area contributed by atoms with Gasteiger partial charge in [-0.05, 0) is 30.2 Å². The third-order valence-corrected chi connectivity index (χ3v) is 4.55. The molecule has 0 aliphatic carbocycles. The molecule has 3 heterocycles. The molecule has 0 spiro atoms. The summed E-state index contributed by atoms with van der Waals surface area (Å²) in [6.45, 7) is 4.78. The van der Waals surface area contributed by atoms with Gasteiger partial charge in [0, 0.05) is 23.7 Å². The molecule has 0 saturated heterocycles. The lowest BCUT2D eigenvalue weighted by molar-refractivity contribution is 0.615. The molecule has 0 radical (unpaired) electrons. The second-order valence-electron chi connectivity index (χ2n) is 6.67. The van der Waals surface area contributed by atoms with Gasteiger partial charge in [0.2, 0.25) is 5.82 Å². The fourth-order valence-corrected chi connectivity index (χ4v) is 3.17. The van der Waals surface area contributed by atoms with Gasteiger partial charge in [-0.1, -0.05) is 43.7 Å². The van der Waals surface area contributed by atoms with E-state index >= 15 is 0 Å². The minimum atomic E-state index is 0.556. The summed E-state index contributed by atoms with van der Waals surface area (Å²) in [7, 11) is 0. The zero-order valence-electron chi connectivity index (χ0n) is 16.0. The number of benzene rings is 1. The Balaban J connectivity index is 1.58. The standard InChI is InChI=1S/C20H22N8/c1-3-4-9-19-22-14(2)25-28(19)13-15-10-11-18(21-12-15)16-7-5-6-8-17(16)20-23-26-27-24-20/h5-8,10-12H,3-4,9,13H2,1-2H3,(H,23,24,26,27). The van der Waals surface area contributed by atoms with Crippen LogP contribution in [0.5, 0.6) is 0 Å². The van der Waals surface area contributed by atoms with Gasteiger partial charge in [0.05, 0.1) is 12.2 Å². The lowest BCUT2D eigenvalue weighted by Crippen LogP contribution is -2.07. The Labute approximate surface area is 163 Å². The molecule has 0 fully saturated rings. The number of hydrogen-bond acceptors (Lipinski definition) is 6. The second-order valence-corrected chi connectivity index (χ2v) is 6.67. The Morgan fingerprint density at radius 3 is 2.64 bits per heavy atom. The van der Waals surface area contributed by atoms with Gasteiger partial charge < -0.3 is 0 Å². The fraction of sp³-hybridized carbons (Fsp3) is 0.300. The molecule has 4 aromatic rings. The summed E-state index contributed by atoms with van der Waals surface area (Å²) in [6.07, 6.45) is 5.09. The monoisotopic (exact) mass is 374 g/mol. The van der Waals surface area contributed by atoms with Crippen molar-refractivity contribution in [2.24, 2.45) is 0 Å². The van der Waals surface area contributed by atoms with E-state index in [1.165, 1.54) is 0 Å². The van der Waals surface area contributed by atoms with Crippen molar-refractivity contribution < 1.29 is 0 Å². The maximum absolute atomic E-state index is 4.67. The van der Waals surface area contributed by atoms with Crippen molar-refractivity contribution in [3.63, 3.8) is 0 Å². The normalized spacial score (nSPS) is 11.1. The molecular formula is C20H22N8. The van der Waals surface area contributed by atoms with Crippen LogP contribution in [0, 0.1) is 6.92 Å². The number of pyridine rings is 1. The SMILES string of the molecule is CCCCc1nc(C)nn1Cc1ccc(-c2ccccc2-c2nn[nH]n2)nc1. The summed E-state index contributed by atoms with van der Waals surface area (Å²) in [5.74, 6) is 2.40. The predicted octanol–water partition coefficient (Wildman–Crippen LogP) is 3.22. The predicted molar refractivity (Wildman–Crippen MR) is 105 cm³/mol. The molecule has 0 saturated carbocycles. The molecule has 4 rings (SSSR count). The molecule has 28 heavy (non-hydrogen) atoms. The lowest BCUT2D eigenvalue weighted by atomic mass is 10.0. The number of rotatable bonds is 7. The van der Waals surface area contributed by atoms with Crippen LogP contribution in [0.15, 0.2) is 42.6 Å². The van der Waals surface area contributed by atoms with E-state index < -0.39 is 0 Å². The Kier molecular flexibility index (Phi) is 5.18. The van der Waals surface area contributed by atoms with Crippen LogP contribution in [0.2, 0.25) is 0 Å². The van der Waals surface area contributed by atoms with Crippen LogP contribution in [0.25, 0.3) is 22.6 Å². The van der Waals surface area contributed by atoms with Gasteiger partial charge in [0.25, 0.3) is 0 Å². The first-order valence-corrected chi connectivity index (χ1v) is 9.43. The summed E-state index contributed by atoms with van der Waals surface area (Å²) in [4.78, 5) is 9.22. The Bertz CT molecular complexity index is 1030. The molecule has 142 valence electrons. The van der Waals surface area contributed by atoms with Gasteiger partial charge in [-0.15, -0.1) is 10.2 Å². The van der Waals surface area contributed by atoms with Crippen molar-refractivity contribution >= 4 is 0 Å². The van der Waals surface area contributed by atoms with Gasteiger partial charge in [-0.25, -0.2) is 9.67 Å². The molecule has 0 amide bonds. The van der Waals surface area contributed by atoms with Crippen LogP contribution in [0.4, 0.5) is 0 Å². The van der Waals surface area contributed by atoms with Gasteiger partial charge in [-0.2, -0.15) is 10.3 Å². The van der Waals surface area contributed by atoms with E-state index in [9.17, 15) is 0 Å². The third kappa shape index (κ3) is 3.80. The number of aromatic amines is 1. The highest BCUT2D eigenvalue weighted by Gasteiger charge is 2.12. The first kappa shape index (κ1) is 18.0. The van der Waals surface area contributed by atoms with Gasteiger partial charge in [-0.3, -0.25) is 4.98 Å². The number of nitrogens with zero attached hydrogens (tertiary/aromatic N) is 7. The zero-order chi connectivity index (χ0) is 19.3. The highest BCUT2D eigenvalue weighted by molar-refractivity contribution is 5.78. The smallest absolute Gasteiger partial charge is 0.205 e. The molecule has 0 unspecified atom stereocenters.